The molecule has 0 aromatic heterocycles. The van der Waals surface area contributed by atoms with Crippen molar-refractivity contribution in [3.63, 3.8) is 0 Å². The van der Waals surface area contributed by atoms with Crippen molar-refractivity contribution in [2.75, 3.05) is 6.61 Å². The number of hydrogen-bond donors (Lipinski definition) is 1. The summed E-state index contributed by atoms with van der Waals surface area (Å²) in [6.45, 7) is 7.31. The van der Waals surface area contributed by atoms with Crippen molar-refractivity contribution >= 4 is 5.97 Å². The van der Waals surface area contributed by atoms with Gasteiger partial charge in [0.1, 0.15) is 0 Å². The zero-order chi connectivity index (χ0) is 11.2. The fraction of sp³-hybridized carbons (Fsp3) is 0.900. The molecule has 84 valence electrons. The van der Waals surface area contributed by atoms with Crippen molar-refractivity contribution in [2.24, 2.45) is 5.92 Å². The molecule has 0 aromatic rings. The first-order chi connectivity index (χ1) is 6.34. The number of carbonyl (C=O) groups excluding carboxylic acids is 1. The minimum atomic E-state index is -1.49. The fourth-order valence-corrected chi connectivity index (χ4v) is 0.748. The third-order valence-electron chi connectivity index (χ3n) is 1.64. The summed E-state index contributed by atoms with van der Waals surface area (Å²) >= 11 is 0. The standard InChI is InChI=1S/C10H20O4/c1-8(2)6-5-7-13-14-9(11)10(3,4)12/h8,12H,5-7H2,1-4H3. The van der Waals surface area contributed by atoms with E-state index in [0.717, 1.165) is 12.8 Å². The zero-order valence-electron chi connectivity index (χ0n) is 9.37. The van der Waals surface area contributed by atoms with Crippen molar-refractivity contribution in [3.8, 4) is 0 Å². The summed E-state index contributed by atoms with van der Waals surface area (Å²) in [4.78, 5) is 20.0. The van der Waals surface area contributed by atoms with Gasteiger partial charge in [-0.25, -0.2) is 4.79 Å². The largest absolute Gasteiger partial charge is 0.379 e. The average Bonchev–Trinajstić information content (AvgIpc) is 2.01. The quantitative estimate of drug-likeness (QED) is 0.406. The predicted molar refractivity (Wildman–Crippen MR) is 52.4 cm³/mol. The third-order valence-corrected chi connectivity index (χ3v) is 1.64. The zero-order valence-corrected chi connectivity index (χ0v) is 9.37. The summed E-state index contributed by atoms with van der Waals surface area (Å²) in [6.07, 6.45) is 1.87. The molecule has 14 heavy (non-hydrogen) atoms. The van der Waals surface area contributed by atoms with Gasteiger partial charge in [0.15, 0.2) is 5.60 Å². The van der Waals surface area contributed by atoms with Gasteiger partial charge >= 0.3 is 5.97 Å². The van der Waals surface area contributed by atoms with Crippen LogP contribution in [-0.4, -0.2) is 23.3 Å². The van der Waals surface area contributed by atoms with E-state index < -0.39 is 11.6 Å². The van der Waals surface area contributed by atoms with Gasteiger partial charge in [-0.2, -0.15) is 4.89 Å². The Labute approximate surface area is 85.1 Å². The van der Waals surface area contributed by atoms with Crippen LogP contribution in [0.25, 0.3) is 0 Å². The Bertz CT molecular complexity index is 169. The maximum absolute atomic E-state index is 11.0. The average molecular weight is 204 g/mol. The van der Waals surface area contributed by atoms with Crippen molar-refractivity contribution in [3.05, 3.63) is 0 Å². The second-order valence-electron chi connectivity index (χ2n) is 4.29. The van der Waals surface area contributed by atoms with Crippen LogP contribution in [0.3, 0.4) is 0 Å². The summed E-state index contributed by atoms with van der Waals surface area (Å²) < 4.78 is 0. The van der Waals surface area contributed by atoms with E-state index in [-0.39, 0.29) is 0 Å². The summed E-state index contributed by atoms with van der Waals surface area (Å²) in [7, 11) is 0. The molecule has 0 aliphatic heterocycles. The second kappa shape index (κ2) is 5.98. The first-order valence-corrected chi connectivity index (χ1v) is 4.90. The van der Waals surface area contributed by atoms with E-state index in [9.17, 15) is 9.90 Å². The van der Waals surface area contributed by atoms with Crippen molar-refractivity contribution in [2.45, 2.75) is 46.1 Å². The highest BCUT2D eigenvalue weighted by molar-refractivity contribution is 5.77. The van der Waals surface area contributed by atoms with E-state index in [0.29, 0.717) is 12.5 Å². The normalized spacial score (nSPS) is 11.9. The number of rotatable bonds is 6. The lowest BCUT2D eigenvalue weighted by Gasteiger charge is -2.13. The summed E-state index contributed by atoms with van der Waals surface area (Å²) in [5.41, 5.74) is -1.49. The molecule has 4 nitrogen and oxygen atoms in total. The SMILES string of the molecule is CC(C)CCCOOC(=O)C(C)(C)O. The number of aliphatic hydroxyl groups is 1. The lowest BCUT2D eigenvalue weighted by atomic mass is 10.1. The molecule has 0 aliphatic rings. The van der Waals surface area contributed by atoms with Gasteiger partial charge in [0.2, 0.25) is 0 Å². The number of carbonyl (C=O) groups is 1. The molecule has 4 heteroatoms. The molecule has 0 aromatic carbocycles. The molecule has 0 atom stereocenters. The van der Waals surface area contributed by atoms with Gasteiger partial charge in [-0.3, -0.25) is 4.89 Å². The van der Waals surface area contributed by atoms with E-state index in [2.05, 4.69) is 23.6 Å². The van der Waals surface area contributed by atoms with Crippen LogP contribution < -0.4 is 0 Å². The van der Waals surface area contributed by atoms with E-state index in [1.54, 1.807) is 0 Å². The highest BCUT2D eigenvalue weighted by atomic mass is 17.2. The Balaban J connectivity index is 3.42. The lowest BCUT2D eigenvalue weighted by Crippen LogP contribution is -2.33. The molecule has 0 saturated heterocycles. The van der Waals surface area contributed by atoms with E-state index in [4.69, 9.17) is 0 Å². The molecule has 0 radical (unpaired) electrons. The maximum Gasteiger partial charge on any atom is 0.372 e. The smallest absolute Gasteiger partial charge is 0.372 e. The molecular formula is C10H20O4. The maximum atomic E-state index is 11.0. The molecule has 0 unspecified atom stereocenters. The van der Waals surface area contributed by atoms with Gasteiger partial charge in [0.05, 0.1) is 6.61 Å². The summed E-state index contributed by atoms with van der Waals surface area (Å²) in [6, 6.07) is 0. The van der Waals surface area contributed by atoms with Crippen molar-refractivity contribution < 1.29 is 19.7 Å². The van der Waals surface area contributed by atoms with Gasteiger partial charge in [0, 0.05) is 0 Å². The van der Waals surface area contributed by atoms with Gasteiger partial charge < -0.3 is 5.11 Å². The molecular weight excluding hydrogens is 184 g/mol. The van der Waals surface area contributed by atoms with E-state index in [1.807, 2.05) is 0 Å². The minimum absolute atomic E-state index is 0.375. The fourth-order valence-electron chi connectivity index (χ4n) is 0.748. The van der Waals surface area contributed by atoms with Gasteiger partial charge in [-0.15, -0.1) is 0 Å². The number of hydrogen-bond acceptors (Lipinski definition) is 4. The second-order valence-corrected chi connectivity index (χ2v) is 4.29. The van der Waals surface area contributed by atoms with Crippen LogP contribution in [0.5, 0.6) is 0 Å². The van der Waals surface area contributed by atoms with Gasteiger partial charge in [-0.1, -0.05) is 13.8 Å². The predicted octanol–water partition coefficient (Wildman–Crippen LogP) is 1.67. The first-order valence-electron chi connectivity index (χ1n) is 4.90. The van der Waals surface area contributed by atoms with E-state index >= 15 is 0 Å². The van der Waals surface area contributed by atoms with E-state index in [1.165, 1.54) is 13.8 Å². The highest BCUT2D eigenvalue weighted by Gasteiger charge is 2.26. The van der Waals surface area contributed by atoms with Crippen LogP contribution in [0.15, 0.2) is 0 Å². The van der Waals surface area contributed by atoms with Crippen LogP contribution in [-0.2, 0) is 14.6 Å². The Kier molecular flexibility index (Phi) is 5.72. The first kappa shape index (κ1) is 13.4. The Morgan fingerprint density at radius 1 is 1.43 bits per heavy atom. The Morgan fingerprint density at radius 2 is 2.00 bits per heavy atom. The minimum Gasteiger partial charge on any atom is -0.379 e. The van der Waals surface area contributed by atoms with Crippen LogP contribution in [0, 0.1) is 5.92 Å². The Morgan fingerprint density at radius 3 is 2.43 bits per heavy atom. The molecule has 0 spiro atoms. The topological polar surface area (TPSA) is 55.8 Å². The van der Waals surface area contributed by atoms with Gasteiger partial charge in [0.25, 0.3) is 0 Å². The molecule has 0 amide bonds. The highest BCUT2D eigenvalue weighted by Crippen LogP contribution is 2.06. The molecule has 0 bridgehead atoms. The summed E-state index contributed by atoms with van der Waals surface area (Å²) in [5.74, 6) is -0.148. The molecule has 0 aliphatic carbocycles. The van der Waals surface area contributed by atoms with Crippen LogP contribution in [0.1, 0.15) is 40.5 Å². The molecule has 1 N–H and O–H groups in total. The van der Waals surface area contributed by atoms with Crippen LogP contribution >= 0.6 is 0 Å². The van der Waals surface area contributed by atoms with Crippen molar-refractivity contribution in [1.29, 1.82) is 0 Å². The molecule has 0 rings (SSSR count). The van der Waals surface area contributed by atoms with Crippen LogP contribution in [0.4, 0.5) is 0 Å². The molecule has 0 saturated carbocycles. The van der Waals surface area contributed by atoms with Crippen molar-refractivity contribution in [1.82, 2.24) is 0 Å². The monoisotopic (exact) mass is 204 g/mol. The molecule has 0 heterocycles. The Hall–Kier alpha value is -0.610. The van der Waals surface area contributed by atoms with Gasteiger partial charge in [-0.05, 0) is 32.6 Å². The van der Waals surface area contributed by atoms with Crippen LogP contribution in [0.2, 0.25) is 0 Å². The third kappa shape index (κ3) is 6.86. The summed E-state index contributed by atoms with van der Waals surface area (Å²) in [5, 5.41) is 9.18. The lowest BCUT2D eigenvalue weighted by molar-refractivity contribution is -0.284. The molecule has 0 fully saturated rings.